The minimum atomic E-state index is -4.76. The summed E-state index contributed by atoms with van der Waals surface area (Å²) in [6.45, 7) is 8.78. The third-order valence-electron chi connectivity index (χ3n) is 4.36. The van der Waals surface area contributed by atoms with Gasteiger partial charge in [0.1, 0.15) is 17.3 Å². The summed E-state index contributed by atoms with van der Waals surface area (Å²) in [4.78, 5) is 8.63. The molecule has 4 rings (SSSR count). The zero-order valence-electron chi connectivity index (χ0n) is 19.1. The molecule has 0 radical (unpaired) electrons. The first-order chi connectivity index (χ1) is 16.3. The van der Waals surface area contributed by atoms with Crippen molar-refractivity contribution in [2.45, 2.75) is 40.6 Å². The summed E-state index contributed by atoms with van der Waals surface area (Å²) in [6.07, 6.45) is -4.76. The van der Waals surface area contributed by atoms with Gasteiger partial charge in [-0.15, -0.1) is 18.3 Å². The number of hydrogen-bond acceptors (Lipinski definition) is 7. The SMILES string of the molecule is CC.CCOc1cccc(Cn2nc(-c3nc(-c4ccc(OC(F)(F)F)cc4)no3)nc2C)c1. The predicted molar refractivity (Wildman–Crippen MR) is 118 cm³/mol. The van der Waals surface area contributed by atoms with Gasteiger partial charge in [0.2, 0.25) is 11.6 Å². The largest absolute Gasteiger partial charge is 0.573 e. The topological polar surface area (TPSA) is 88.1 Å². The lowest BCUT2D eigenvalue weighted by molar-refractivity contribution is -0.274. The Morgan fingerprint density at radius 3 is 2.38 bits per heavy atom. The number of aryl methyl sites for hydroxylation is 1. The molecule has 180 valence electrons. The van der Waals surface area contributed by atoms with Crippen LogP contribution >= 0.6 is 0 Å². The molecule has 8 nitrogen and oxygen atoms in total. The van der Waals surface area contributed by atoms with Gasteiger partial charge in [-0.2, -0.15) is 4.98 Å². The van der Waals surface area contributed by atoms with Crippen molar-refractivity contribution in [3.05, 3.63) is 59.9 Å². The van der Waals surface area contributed by atoms with Crippen molar-refractivity contribution in [2.75, 3.05) is 6.61 Å². The van der Waals surface area contributed by atoms with Crippen molar-refractivity contribution in [2.24, 2.45) is 0 Å². The zero-order valence-corrected chi connectivity index (χ0v) is 19.1. The second-order valence-electron chi connectivity index (χ2n) is 6.72. The molecule has 0 aliphatic heterocycles. The molecule has 0 unspecified atom stereocenters. The van der Waals surface area contributed by atoms with E-state index >= 15 is 0 Å². The molecule has 0 saturated carbocycles. The molecule has 0 aliphatic carbocycles. The van der Waals surface area contributed by atoms with E-state index in [1.807, 2.05) is 45.0 Å². The van der Waals surface area contributed by atoms with Gasteiger partial charge >= 0.3 is 6.36 Å². The predicted octanol–water partition coefficient (Wildman–Crippen LogP) is 5.68. The molecular formula is C23H24F3N5O3. The van der Waals surface area contributed by atoms with Crippen LogP contribution in [0.4, 0.5) is 13.2 Å². The molecule has 2 heterocycles. The Kier molecular flexibility index (Phi) is 7.87. The van der Waals surface area contributed by atoms with E-state index in [1.165, 1.54) is 24.3 Å². The number of halogens is 3. The van der Waals surface area contributed by atoms with Gasteiger partial charge in [-0.25, -0.2) is 9.67 Å². The average Bonchev–Trinajstić information content (AvgIpc) is 3.43. The Morgan fingerprint density at radius 1 is 0.971 bits per heavy atom. The zero-order chi connectivity index (χ0) is 24.7. The van der Waals surface area contributed by atoms with E-state index in [1.54, 1.807) is 11.6 Å². The van der Waals surface area contributed by atoms with Gasteiger partial charge in [-0.3, -0.25) is 0 Å². The number of benzene rings is 2. The fourth-order valence-electron chi connectivity index (χ4n) is 2.97. The molecule has 2 aromatic carbocycles. The molecule has 0 saturated heterocycles. The van der Waals surface area contributed by atoms with E-state index < -0.39 is 6.36 Å². The summed E-state index contributed by atoms with van der Waals surface area (Å²) >= 11 is 0. The molecule has 0 spiro atoms. The number of rotatable bonds is 7. The normalized spacial score (nSPS) is 11.0. The van der Waals surface area contributed by atoms with E-state index in [2.05, 4.69) is 25.0 Å². The molecule has 2 aromatic heterocycles. The Morgan fingerprint density at radius 2 is 1.71 bits per heavy atom. The lowest BCUT2D eigenvalue weighted by Gasteiger charge is -2.08. The lowest BCUT2D eigenvalue weighted by atomic mass is 10.2. The molecule has 11 heteroatoms. The van der Waals surface area contributed by atoms with Gasteiger partial charge in [0.15, 0.2) is 0 Å². The summed E-state index contributed by atoms with van der Waals surface area (Å²) < 4.78 is 53.2. The maximum absolute atomic E-state index is 12.3. The van der Waals surface area contributed by atoms with Crippen LogP contribution in [-0.2, 0) is 6.54 Å². The van der Waals surface area contributed by atoms with Crippen LogP contribution in [0.2, 0.25) is 0 Å². The van der Waals surface area contributed by atoms with Crippen molar-refractivity contribution in [1.29, 1.82) is 0 Å². The Hall–Kier alpha value is -3.89. The smallest absolute Gasteiger partial charge is 0.494 e. The lowest BCUT2D eigenvalue weighted by Crippen LogP contribution is -2.16. The molecule has 4 aromatic rings. The number of hydrogen-bond donors (Lipinski definition) is 0. The highest BCUT2D eigenvalue weighted by atomic mass is 19.4. The minimum absolute atomic E-state index is 0.0977. The Labute approximate surface area is 194 Å². The van der Waals surface area contributed by atoms with Gasteiger partial charge in [-0.05, 0) is 55.8 Å². The average molecular weight is 475 g/mol. The van der Waals surface area contributed by atoms with Crippen molar-refractivity contribution < 1.29 is 27.2 Å². The van der Waals surface area contributed by atoms with Gasteiger partial charge in [-0.1, -0.05) is 31.1 Å². The first-order valence-electron chi connectivity index (χ1n) is 10.6. The molecule has 34 heavy (non-hydrogen) atoms. The van der Waals surface area contributed by atoms with Crippen LogP contribution < -0.4 is 9.47 Å². The monoisotopic (exact) mass is 475 g/mol. The summed E-state index contributed by atoms with van der Waals surface area (Å²) in [7, 11) is 0. The van der Waals surface area contributed by atoms with Crippen LogP contribution in [0.15, 0.2) is 53.1 Å². The van der Waals surface area contributed by atoms with E-state index in [-0.39, 0.29) is 23.3 Å². The molecular weight excluding hydrogens is 451 g/mol. The molecule has 0 fully saturated rings. The molecule has 0 amide bonds. The standard InChI is InChI=1S/C21H18F3N5O3.C2H6/c1-3-30-17-6-4-5-14(11-17)12-29-13(2)25-19(27-29)20-26-18(28-32-20)15-7-9-16(10-8-15)31-21(22,23)24;1-2/h4-11H,3,12H2,1-2H3;1-2H3. The van der Waals surface area contributed by atoms with Gasteiger partial charge in [0.05, 0.1) is 13.2 Å². The van der Waals surface area contributed by atoms with E-state index in [9.17, 15) is 13.2 Å². The van der Waals surface area contributed by atoms with Crippen molar-refractivity contribution in [1.82, 2.24) is 24.9 Å². The summed E-state index contributed by atoms with van der Waals surface area (Å²) in [5, 5.41) is 8.30. The van der Waals surface area contributed by atoms with Crippen molar-refractivity contribution in [3.8, 4) is 34.6 Å². The second-order valence-corrected chi connectivity index (χ2v) is 6.72. The number of aromatic nitrogens is 5. The van der Waals surface area contributed by atoms with Crippen LogP contribution in [0.3, 0.4) is 0 Å². The molecule has 0 bridgehead atoms. The third kappa shape index (κ3) is 6.33. The minimum Gasteiger partial charge on any atom is -0.494 e. The van der Waals surface area contributed by atoms with E-state index in [0.717, 1.165) is 11.3 Å². The van der Waals surface area contributed by atoms with Gasteiger partial charge in [0, 0.05) is 5.56 Å². The fraction of sp³-hybridized carbons (Fsp3) is 0.304. The summed E-state index contributed by atoms with van der Waals surface area (Å²) in [5.74, 6) is 1.62. The first-order valence-corrected chi connectivity index (χ1v) is 10.6. The molecule has 0 aliphatic rings. The van der Waals surface area contributed by atoms with Crippen LogP contribution in [0, 0.1) is 6.92 Å². The number of nitrogens with zero attached hydrogens (tertiary/aromatic N) is 5. The highest BCUT2D eigenvalue weighted by molar-refractivity contribution is 5.57. The second kappa shape index (κ2) is 10.8. The van der Waals surface area contributed by atoms with Crippen molar-refractivity contribution in [3.63, 3.8) is 0 Å². The quantitative estimate of drug-likeness (QED) is 0.340. The maximum Gasteiger partial charge on any atom is 0.573 e. The highest BCUT2D eigenvalue weighted by Gasteiger charge is 2.31. The first kappa shape index (κ1) is 24.7. The summed E-state index contributed by atoms with van der Waals surface area (Å²) in [6, 6.07) is 12.8. The highest BCUT2D eigenvalue weighted by Crippen LogP contribution is 2.26. The third-order valence-corrected chi connectivity index (χ3v) is 4.36. The Bertz CT molecular complexity index is 1200. The maximum atomic E-state index is 12.3. The molecule has 0 N–H and O–H groups in total. The fourth-order valence-corrected chi connectivity index (χ4v) is 2.97. The number of ether oxygens (including phenoxy) is 2. The van der Waals surface area contributed by atoms with E-state index in [0.29, 0.717) is 24.5 Å². The number of alkyl halides is 3. The van der Waals surface area contributed by atoms with Gasteiger partial charge < -0.3 is 14.0 Å². The van der Waals surface area contributed by atoms with Crippen LogP contribution in [0.5, 0.6) is 11.5 Å². The van der Waals surface area contributed by atoms with Crippen molar-refractivity contribution >= 4 is 0 Å². The van der Waals surface area contributed by atoms with Crippen LogP contribution in [-0.4, -0.2) is 37.9 Å². The van der Waals surface area contributed by atoms with Crippen LogP contribution in [0.1, 0.15) is 32.2 Å². The Balaban J connectivity index is 0.00000158. The molecule has 0 atom stereocenters. The van der Waals surface area contributed by atoms with E-state index in [4.69, 9.17) is 9.26 Å². The summed E-state index contributed by atoms with van der Waals surface area (Å²) in [5.41, 5.74) is 1.45. The van der Waals surface area contributed by atoms with Gasteiger partial charge in [0.25, 0.3) is 5.89 Å². The van der Waals surface area contributed by atoms with Crippen LogP contribution in [0.25, 0.3) is 23.1 Å².